The second-order valence-corrected chi connectivity index (χ2v) is 14.4. The Morgan fingerprint density at radius 1 is 0.345 bits per heavy atom. The summed E-state index contributed by atoms with van der Waals surface area (Å²) in [5, 5.41) is 13.8. The van der Waals surface area contributed by atoms with Crippen LogP contribution in [0.1, 0.15) is 0 Å². The van der Waals surface area contributed by atoms with E-state index >= 15 is 0 Å². The van der Waals surface area contributed by atoms with Gasteiger partial charge in [-0.25, -0.2) is 9.97 Å². The Kier molecular flexibility index (Phi) is 6.34. The topological polar surface area (TPSA) is 38.9 Å². The van der Waals surface area contributed by atoms with Crippen LogP contribution in [0.5, 0.6) is 0 Å². The molecule has 0 atom stereocenters. The molecule has 0 amide bonds. The van der Waals surface area contributed by atoms with Gasteiger partial charge in [0.25, 0.3) is 0 Å². The first-order chi connectivity index (χ1) is 27.3. The lowest BCUT2D eigenvalue weighted by molar-refractivity contribution is 0.673. The summed E-state index contributed by atoms with van der Waals surface area (Å²) in [4.78, 5) is 10.7. The van der Waals surface area contributed by atoms with E-state index < -0.39 is 0 Å². The summed E-state index contributed by atoms with van der Waals surface area (Å²) in [6.07, 6.45) is 0. The molecule has 9 aromatic carbocycles. The number of fused-ring (bicyclic) bond motifs is 12. The standard InChI is InChI=1S/C52H30N2O/c1-2-12-31(13-3-1)44-28-25-32-22-23-33-26-29-45(54-51(33)50(32)53-44)49-40-19-8-6-17-38(40)48(39-18-7-9-20-41(39)49)43-30-34-24-27-42-36-15-10-11-21-46(36)55-52(42)47(34)37-16-5-4-14-35(37)43/h1-30H. The monoisotopic (exact) mass is 698 g/mol. The van der Waals surface area contributed by atoms with Crippen LogP contribution in [0.2, 0.25) is 0 Å². The van der Waals surface area contributed by atoms with Crippen LogP contribution in [0, 0.1) is 0 Å². The Morgan fingerprint density at radius 2 is 0.855 bits per heavy atom. The maximum Gasteiger partial charge on any atom is 0.143 e. The van der Waals surface area contributed by atoms with E-state index in [9.17, 15) is 0 Å². The summed E-state index contributed by atoms with van der Waals surface area (Å²) in [6, 6.07) is 64.9. The number of nitrogens with zero attached hydrogens (tertiary/aromatic N) is 2. The fourth-order valence-corrected chi connectivity index (χ4v) is 8.95. The molecule has 3 aromatic heterocycles. The predicted octanol–water partition coefficient (Wildman–Crippen LogP) is 14.3. The van der Waals surface area contributed by atoms with E-state index in [1.54, 1.807) is 0 Å². The minimum Gasteiger partial charge on any atom is -0.455 e. The number of pyridine rings is 2. The van der Waals surface area contributed by atoms with Gasteiger partial charge in [0.1, 0.15) is 11.2 Å². The van der Waals surface area contributed by atoms with Gasteiger partial charge in [-0.1, -0.05) is 152 Å². The third-order valence-electron chi connectivity index (χ3n) is 11.4. The van der Waals surface area contributed by atoms with Crippen LogP contribution in [0.15, 0.2) is 186 Å². The number of aromatic nitrogens is 2. The minimum atomic E-state index is 0.905. The fraction of sp³-hybridized carbons (Fsp3) is 0. The highest BCUT2D eigenvalue weighted by molar-refractivity contribution is 6.29. The van der Waals surface area contributed by atoms with Gasteiger partial charge in [-0.3, -0.25) is 0 Å². The lowest BCUT2D eigenvalue weighted by Gasteiger charge is -2.19. The van der Waals surface area contributed by atoms with Crippen molar-refractivity contribution in [1.82, 2.24) is 9.97 Å². The van der Waals surface area contributed by atoms with E-state index in [0.29, 0.717) is 0 Å². The van der Waals surface area contributed by atoms with Gasteiger partial charge in [-0.2, -0.15) is 0 Å². The maximum atomic E-state index is 6.60. The van der Waals surface area contributed by atoms with E-state index in [-0.39, 0.29) is 0 Å². The zero-order chi connectivity index (χ0) is 36.0. The van der Waals surface area contributed by atoms with E-state index in [1.165, 1.54) is 32.7 Å². The summed E-state index contributed by atoms with van der Waals surface area (Å²) in [5.41, 5.74) is 10.2. The molecule has 3 nitrogen and oxygen atoms in total. The van der Waals surface area contributed by atoms with E-state index in [2.05, 4.69) is 170 Å². The number of benzene rings is 9. The van der Waals surface area contributed by atoms with Gasteiger partial charge in [0.2, 0.25) is 0 Å². The Labute approximate surface area is 315 Å². The molecule has 0 bridgehead atoms. The highest BCUT2D eigenvalue weighted by atomic mass is 16.3. The number of hydrogen-bond acceptors (Lipinski definition) is 3. The summed E-state index contributed by atoms with van der Waals surface area (Å²) in [7, 11) is 0. The van der Waals surface area contributed by atoms with Gasteiger partial charge in [-0.05, 0) is 79.2 Å². The second kappa shape index (κ2) is 11.6. The van der Waals surface area contributed by atoms with Gasteiger partial charge in [0, 0.05) is 38.1 Å². The number of hydrogen-bond donors (Lipinski definition) is 0. The molecule has 55 heavy (non-hydrogen) atoms. The first kappa shape index (κ1) is 30.1. The first-order valence-corrected chi connectivity index (χ1v) is 18.7. The SMILES string of the molecule is c1ccc(-c2ccc3ccc4ccc(-c5c6ccccc6c(-c6cc7ccc8c9ccccc9oc8c7c7ccccc67)c6ccccc56)nc4c3n2)cc1. The fourth-order valence-electron chi connectivity index (χ4n) is 8.95. The molecule has 0 spiro atoms. The molecule has 0 unspecified atom stereocenters. The van der Waals surface area contributed by atoms with Crippen molar-refractivity contribution in [3.05, 3.63) is 182 Å². The largest absolute Gasteiger partial charge is 0.455 e. The van der Waals surface area contributed by atoms with Crippen LogP contribution in [0.3, 0.4) is 0 Å². The van der Waals surface area contributed by atoms with Crippen molar-refractivity contribution in [2.45, 2.75) is 0 Å². The molecule has 0 saturated heterocycles. The zero-order valence-electron chi connectivity index (χ0n) is 29.6. The lowest BCUT2D eigenvalue weighted by atomic mass is 9.84. The Balaban J connectivity index is 1.15. The molecule has 0 N–H and O–H groups in total. The lowest BCUT2D eigenvalue weighted by Crippen LogP contribution is -1.95. The Hall–Kier alpha value is -7.36. The molecule has 12 rings (SSSR count). The van der Waals surface area contributed by atoms with E-state index in [0.717, 1.165) is 87.8 Å². The predicted molar refractivity (Wildman–Crippen MR) is 231 cm³/mol. The van der Waals surface area contributed by atoms with Gasteiger partial charge in [-0.15, -0.1) is 0 Å². The van der Waals surface area contributed by atoms with Gasteiger partial charge >= 0.3 is 0 Å². The van der Waals surface area contributed by atoms with Crippen LogP contribution < -0.4 is 0 Å². The van der Waals surface area contributed by atoms with E-state index in [1.807, 2.05) is 12.1 Å². The molecule has 0 radical (unpaired) electrons. The third kappa shape index (κ3) is 4.44. The zero-order valence-corrected chi connectivity index (χ0v) is 29.6. The van der Waals surface area contributed by atoms with Gasteiger partial charge in [0.15, 0.2) is 0 Å². The Bertz CT molecular complexity index is 3490. The van der Waals surface area contributed by atoms with Crippen molar-refractivity contribution in [2.24, 2.45) is 0 Å². The molecule has 3 heterocycles. The molecule has 0 saturated carbocycles. The first-order valence-electron chi connectivity index (χ1n) is 18.7. The van der Waals surface area contributed by atoms with Crippen molar-refractivity contribution >= 4 is 86.8 Å². The average Bonchev–Trinajstić information content (AvgIpc) is 3.64. The summed E-state index contributed by atoms with van der Waals surface area (Å²) >= 11 is 0. The van der Waals surface area contributed by atoms with Gasteiger partial charge in [0.05, 0.1) is 22.4 Å². The number of rotatable bonds is 3. The molecule has 0 aliphatic carbocycles. The molecular weight excluding hydrogens is 669 g/mol. The highest BCUT2D eigenvalue weighted by Crippen LogP contribution is 2.48. The highest BCUT2D eigenvalue weighted by Gasteiger charge is 2.21. The minimum absolute atomic E-state index is 0.905. The molecular formula is C52H30N2O. The summed E-state index contributed by atoms with van der Waals surface area (Å²) in [5.74, 6) is 0. The number of furan rings is 1. The third-order valence-corrected chi connectivity index (χ3v) is 11.4. The molecule has 254 valence electrons. The second-order valence-electron chi connectivity index (χ2n) is 14.4. The molecule has 0 fully saturated rings. The smallest absolute Gasteiger partial charge is 0.143 e. The van der Waals surface area contributed by atoms with Crippen LogP contribution in [0.4, 0.5) is 0 Å². The maximum absolute atomic E-state index is 6.60. The van der Waals surface area contributed by atoms with Crippen LogP contribution in [-0.4, -0.2) is 9.97 Å². The van der Waals surface area contributed by atoms with Crippen molar-refractivity contribution < 1.29 is 4.42 Å². The van der Waals surface area contributed by atoms with Crippen molar-refractivity contribution in [3.63, 3.8) is 0 Å². The molecule has 3 heteroatoms. The van der Waals surface area contributed by atoms with E-state index in [4.69, 9.17) is 14.4 Å². The quantitative estimate of drug-likeness (QED) is 0.136. The van der Waals surface area contributed by atoms with Crippen molar-refractivity contribution in [3.8, 4) is 33.6 Å². The van der Waals surface area contributed by atoms with Crippen molar-refractivity contribution in [2.75, 3.05) is 0 Å². The number of para-hydroxylation sites is 1. The molecule has 0 aliphatic rings. The summed E-state index contributed by atoms with van der Waals surface area (Å²) < 4.78 is 6.60. The van der Waals surface area contributed by atoms with Crippen LogP contribution >= 0.6 is 0 Å². The Morgan fingerprint density at radius 3 is 1.55 bits per heavy atom. The average molecular weight is 699 g/mol. The van der Waals surface area contributed by atoms with Crippen LogP contribution in [0.25, 0.3) is 120 Å². The normalized spacial score (nSPS) is 12.0. The summed E-state index contributed by atoms with van der Waals surface area (Å²) in [6.45, 7) is 0. The van der Waals surface area contributed by atoms with Crippen LogP contribution in [-0.2, 0) is 0 Å². The molecule has 12 aromatic rings. The van der Waals surface area contributed by atoms with Gasteiger partial charge < -0.3 is 4.42 Å². The van der Waals surface area contributed by atoms with Crippen molar-refractivity contribution in [1.29, 1.82) is 0 Å². The molecule has 0 aliphatic heterocycles.